The lowest BCUT2D eigenvalue weighted by molar-refractivity contribution is 0.0892. The van der Waals surface area contributed by atoms with Crippen molar-refractivity contribution in [2.75, 3.05) is 25.5 Å². The van der Waals surface area contributed by atoms with Gasteiger partial charge in [-0.15, -0.1) is 0 Å². The first kappa shape index (κ1) is 13.6. The number of urea groups is 1. The van der Waals surface area contributed by atoms with Gasteiger partial charge >= 0.3 is 6.03 Å². The summed E-state index contributed by atoms with van der Waals surface area (Å²) in [5.74, 6) is 1.58. The Balaban J connectivity index is 1.46. The minimum atomic E-state index is -0.0593. The van der Waals surface area contributed by atoms with E-state index in [-0.39, 0.29) is 18.2 Å². The summed E-state index contributed by atoms with van der Waals surface area (Å²) >= 11 is 0. The van der Waals surface area contributed by atoms with Crippen LogP contribution in [0.25, 0.3) is 0 Å². The molecular weight excluding hydrogens is 280 g/mol. The monoisotopic (exact) mass is 300 g/mol. The summed E-state index contributed by atoms with van der Waals surface area (Å²) in [6.07, 6.45) is 4.66. The molecule has 0 saturated carbocycles. The number of aryl methyl sites for hydroxylation is 1. The van der Waals surface area contributed by atoms with Gasteiger partial charge in [0, 0.05) is 24.9 Å². The fourth-order valence-electron chi connectivity index (χ4n) is 3.79. The van der Waals surface area contributed by atoms with Crippen molar-refractivity contribution in [2.24, 2.45) is 11.8 Å². The second-order valence-electron chi connectivity index (χ2n) is 6.32. The average Bonchev–Trinajstić information content (AvgIpc) is 3.21. The summed E-state index contributed by atoms with van der Waals surface area (Å²) in [7, 11) is 1.62. The van der Waals surface area contributed by atoms with Gasteiger partial charge in [-0.25, -0.2) is 4.79 Å². The van der Waals surface area contributed by atoms with E-state index in [1.165, 1.54) is 0 Å². The van der Waals surface area contributed by atoms with Gasteiger partial charge in [-0.3, -0.25) is 0 Å². The maximum Gasteiger partial charge on any atom is 0.321 e. The predicted octanol–water partition coefficient (Wildman–Crippen LogP) is 2.42. The van der Waals surface area contributed by atoms with Crippen molar-refractivity contribution >= 4 is 11.7 Å². The van der Waals surface area contributed by atoms with E-state index in [4.69, 9.17) is 9.47 Å². The van der Waals surface area contributed by atoms with Crippen LogP contribution >= 0.6 is 0 Å². The molecule has 1 aromatic carbocycles. The number of hydrogen-bond donors (Lipinski definition) is 1. The summed E-state index contributed by atoms with van der Waals surface area (Å²) in [4.78, 5) is 14.4. The molecule has 3 aliphatic rings. The molecular formula is C17H20N2O3. The van der Waals surface area contributed by atoms with E-state index in [0.717, 1.165) is 18.7 Å². The smallest absolute Gasteiger partial charge is 0.321 e. The zero-order valence-electron chi connectivity index (χ0n) is 12.8. The molecule has 0 aromatic heterocycles. The molecule has 2 amide bonds. The van der Waals surface area contributed by atoms with Crippen molar-refractivity contribution in [1.82, 2.24) is 4.90 Å². The van der Waals surface area contributed by atoms with Gasteiger partial charge in [-0.2, -0.15) is 0 Å². The fraction of sp³-hybridized carbons (Fsp3) is 0.471. The lowest BCUT2D eigenvalue weighted by atomic mass is 9.86. The zero-order valence-corrected chi connectivity index (χ0v) is 12.8. The van der Waals surface area contributed by atoms with E-state index < -0.39 is 0 Å². The third-order valence-corrected chi connectivity index (χ3v) is 4.95. The highest BCUT2D eigenvalue weighted by Crippen LogP contribution is 2.43. The summed E-state index contributed by atoms with van der Waals surface area (Å²) in [5.41, 5.74) is 1.82. The number of likely N-dealkylation sites (tertiary alicyclic amines) is 1. The van der Waals surface area contributed by atoms with Crippen LogP contribution in [0.3, 0.4) is 0 Å². The molecule has 4 rings (SSSR count). The van der Waals surface area contributed by atoms with Crippen molar-refractivity contribution in [1.29, 1.82) is 0 Å². The number of rotatable bonds is 2. The van der Waals surface area contributed by atoms with Gasteiger partial charge in [0.15, 0.2) is 0 Å². The third-order valence-electron chi connectivity index (χ3n) is 4.95. The average molecular weight is 300 g/mol. The van der Waals surface area contributed by atoms with Gasteiger partial charge in [-0.05, 0) is 24.6 Å². The van der Waals surface area contributed by atoms with E-state index >= 15 is 0 Å². The molecule has 3 aliphatic heterocycles. The van der Waals surface area contributed by atoms with Crippen LogP contribution in [0.2, 0.25) is 0 Å². The van der Waals surface area contributed by atoms with Gasteiger partial charge in [0.1, 0.15) is 5.75 Å². The minimum absolute atomic E-state index is 0.0593. The number of nitrogens with one attached hydrogen (secondary N) is 1. The zero-order chi connectivity index (χ0) is 15.3. The number of fused-ring (bicyclic) bond motifs is 5. The predicted molar refractivity (Wildman–Crippen MR) is 83.1 cm³/mol. The molecule has 116 valence electrons. The molecule has 0 radical (unpaired) electrons. The second-order valence-corrected chi connectivity index (χ2v) is 6.32. The van der Waals surface area contributed by atoms with Crippen molar-refractivity contribution in [2.45, 2.75) is 19.1 Å². The molecule has 22 heavy (non-hydrogen) atoms. The van der Waals surface area contributed by atoms with Gasteiger partial charge in [0.25, 0.3) is 0 Å². The Hall–Kier alpha value is -2.01. The quantitative estimate of drug-likeness (QED) is 0.853. The number of hydrogen-bond acceptors (Lipinski definition) is 3. The van der Waals surface area contributed by atoms with E-state index in [2.05, 4.69) is 17.5 Å². The summed E-state index contributed by atoms with van der Waals surface area (Å²) in [6.45, 7) is 3.52. The molecule has 5 nitrogen and oxygen atoms in total. The van der Waals surface area contributed by atoms with Gasteiger partial charge in [0.05, 0.1) is 25.0 Å². The Bertz CT molecular complexity index is 623. The van der Waals surface area contributed by atoms with Crippen LogP contribution in [-0.4, -0.2) is 43.3 Å². The molecule has 4 unspecified atom stereocenters. The highest BCUT2D eigenvalue weighted by Gasteiger charge is 2.51. The topological polar surface area (TPSA) is 50.8 Å². The van der Waals surface area contributed by atoms with Gasteiger partial charge in [0.2, 0.25) is 0 Å². The van der Waals surface area contributed by atoms with E-state index in [1.807, 2.05) is 30.0 Å². The van der Waals surface area contributed by atoms with Gasteiger partial charge < -0.3 is 19.7 Å². The van der Waals surface area contributed by atoms with Crippen molar-refractivity contribution in [3.63, 3.8) is 0 Å². The molecule has 4 atom stereocenters. The summed E-state index contributed by atoms with van der Waals surface area (Å²) < 4.78 is 11.2. The first-order chi connectivity index (χ1) is 10.7. The third kappa shape index (κ3) is 2.08. The second kappa shape index (κ2) is 5.02. The maximum atomic E-state index is 12.5. The number of benzene rings is 1. The Morgan fingerprint density at radius 1 is 1.27 bits per heavy atom. The number of nitrogens with zero attached hydrogens (tertiary/aromatic N) is 1. The molecule has 3 heterocycles. The van der Waals surface area contributed by atoms with Crippen LogP contribution in [0.15, 0.2) is 30.4 Å². The maximum absolute atomic E-state index is 12.5. The number of methoxy groups -OCH3 is 1. The lowest BCUT2D eigenvalue weighted by Gasteiger charge is -2.20. The molecule has 0 aliphatic carbocycles. The highest BCUT2D eigenvalue weighted by molar-refractivity contribution is 5.91. The largest absolute Gasteiger partial charge is 0.495 e. The van der Waals surface area contributed by atoms with Crippen molar-refractivity contribution in [3.05, 3.63) is 35.9 Å². The van der Waals surface area contributed by atoms with E-state index in [0.29, 0.717) is 23.3 Å². The Morgan fingerprint density at radius 2 is 1.95 bits per heavy atom. The van der Waals surface area contributed by atoms with Crippen molar-refractivity contribution in [3.8, 4) is 5.75 Å². The molecule has 2 fully saturated rings. The van der Waals surface area contributed by atoms with Gasteiger partial charge in [-0.1, -0.05) is 18.2 Å². The van der Waals surface area contributed by atoms with Crippen LogP contribution in [0.1, 0.15) is 5.56 Å². The first-order valence-electron chi connectivity index (χ1n) is 7.70. The number of carbonyl (C=O) groups is 1. The van der Waals surface area contributed by atoms with E-state index in [1.54, 1.807) is 7.11 Å². The summed E-state index contributed by atoms with van der Waals surface area (Å²) in [5, 5.41) is 2.97. The molecule has 0 spiro atoms. The highest BCUT2D eigenvalue weighted by atomic mass is 16.5. The molecule has 2 saturated heterocycles. The standard InChI is InChI=1S/C17H20N2O3/c1-10-3-4-13(16(7-10)21-2)18-17(20)19-8-11-12(9-19)15-6-5-14(11)22-15/h3-7,11-12,14-15H,8-9H2,1-2H3,(H,18,20). The number of ether oxygens (including phenoxy) is 2. The lowest BCUT2D eigenvalue weighted by Crippen LogP contribution is -2.35. The fourth-order valence-corrected chi connectivity index (χ4v) is 3.79. The molecule has 1 aromatic rings. The normalized spacial score (nSPS) is 31.5. The van der Waals surface area contributed by atoms with Crippen LogP contribution in [0.4, 0.5) is 10.5 Å². The Kier molecular flexibility index (Phi) is 3.11. The molecule has 1 N–H and O–H groups in total. The van der Waals surface area contributed by atoms with Crippen LogP contribution in [0, 0.1) is 18.8 Å². The molecule has 5 heteroatoms. The first-order valence-corrected chi connectivity index (χ1v) is 7.70. The van der Waals surface area contributed by atoms with E-state index in [9.17, 15) is 4.79 Å². The molecule has 2 bridgehead atoms. The van der Waals surface area contributed by atoms with Crippen LogP contribution in [0.5, 0.6) is 5.75 Å². The Labute approximate surface area is 129 Å². The summed E-state index contributed by atoms with van der Waals surface area (Å²) in [6, 6.07) is 5.72. The number of carbonyl (C=O) groups excluding carboxylic acids is 1. The van der Waals surface area contributed by atoms with Crippen molar-refractivity contribution < 1.29 is 14.3 Å². The number of amides is 2. The number of anilines is 1. The Morgan fingerprint density at radius 3 is 2.59 bits per heavy atom. The van der Waals surface area contributed by atoms with Crippen LogP contribution in [-0.2, 0) is 4.74 Å². The minimum Gasteiger partial charge on any atom is -0.495 e. The van der Waals surface area contributed by atoms with Crippen LogP contribution < -0.4 is 10.1 Å². The SMILES string of the molecule is COc1cc(C)ccc1NC(=O)N1CC2C3C=CC(O3)C2C1.